The van der Waals surface area contributed by atoms with Crippen LogP contribution in [0.5, 0.6) is 5.75 Å². The van der Waals surface area contributed by atoms with Gasteiger partial charge in [-0.25, -0.2) is 0 Å². The van der Waals surface area contributed by atoms with Crippen LogP contribution in [0.3, 0.4) is 0 Å². The van der Waals surface area contributed by atoms with Gasteiger partial charge in [0.15, 0.2) is 6.61 Å². The number of piperazine rings is 1. The molecule has 2 aromatic carbocycles. The maximum Gasteiger partial charge on any atom is 0.260 e. The molecule has 0 saturated carbocycles. The van der Waals surface area contributed by atoms with Gasteiger partial charge >= 0.3 is 0 Å². The molecule has 1 fully saturated rings. The molecule has 1 aliphatic rings. The number of carbonyl (C=O) groups is 1. The fraction of sp³-hybridized carbons (Fsp3) is 0.381. The normalized spacial score (nSPS) is 17.9. The third-order valence-corrected chi connectivity index (χ3v) is 5.08. The van der Waals surface area contributed by atoms with E-state index >= 15 is 0 Å². The lowest BCUT2D eigenvalue weighted by atomic mass is 10.1. The van der Waals surface area contributed by atoms with Crippen molar-refractivity contribution in [3.8, 4) is 5.75 Å². The van der Waals surface area contributed by atoms with Crippen molar-refractivity contribution in [3.63, 3.8) is 0 Å². The van der Waals surface area contributed by atoms with Crippen LogP contribution in [0.2, 0.25) is 5.02 Å². The number of ether oxygens (including phenoxy) is 1. The van der Waals surface area contributed by atoms with Crippen LogP contribution >= 0.6 is 11.6 Å². The second-order valence-corrected chi connectivity index (χ2v) is 7.14. The van der Waals surface area contributed by atoms with Gasteiger partial charge in [-0.2, -0.15) is 0 Å². The first-order valence-electron chi connectivity index (χ1n) is 9.06. The van der Waals surface area contributed by atoms with E-state index in [1.807, 2.05) is 11.0 Å². The molecular weight excluding hydrogens is 348 g/mol. The quantitative estimate of drug-likeness (QED) is 0.778. The minimum absolute atomic E-state index is 0.0366. The highest BCUT2D eigenvalue weighted by molar-refractivity contribution is 6.30. The lowest BCUT2D eigenvalue weighted by Gasteiger charge is -2.39. The molecule has 0 bridgehead atoms. The average Bonchev–Trinajstić information content (AvgIpc) is 2.67. The summed E-state index contributed by atoms with van der Waals surface area (Å²) in [6.07, 6.45) is 1.04. The van der Waals surface area contributed by atoms with Gasteiger partial charge in [0, 0.05) is 37.2 Å². The first-order chi connectivity index (χ1) is 12.6. The average molecular weight is 373 g/mol. The molecule has 1 aliphatic heterocycles. The molecule has 0 spiro atoms. The Hall–Kier alpha value is -2.04. The molecule has 3 rings (SSSR count). The Labute approximate surface area is 160 Å². The molecule has 2 aromatic rings. The van der Waals surface area contributed by atoms with Crippen molar-refractivity contribution in [1.82, 2.24) is 9.80 Å². The van der Waals surface area contributed by atoms with Crippen LogP contribution < -0.4 is 4.74 Å². The van der Waals surface area contributed by atoms with Gasteiger partial charge in [0.25, 0.3) is 5.91 Å². The van der Waals surface area contributed by atoms with E-state index in [1.165, 1.54) is 5.56 Å². The van der Waals surface area contributed by atoms with E-state index in [1.54, 1.807) is 24.3 Å². The fourth-order valence-electron chi connectivity index (χ4n) is 3.24. The van der Waals surface area contributed by atoms with Gasteiger partial charge in [0.1, 0.15) is 5.75 Å². The van der Waals surface area contributed by atoms with Crippen molar-refractivity contribution in [2.45, 2.75) is 19.4 Å². The zero-order chi connectivity index (χ0) is 18.4. The summed E-state index contributed by atoms with van der Waals surface area (Å²) >= 11 is 5.86. The van der Waals surface area contributed by atoms with E-state index in [2.05, 4.69) is 36.1 Å². The van der Waals surface area contributed by atoms with Crippen LogP contribution in [0.15, 0.2) is 54.6 Å². The Morgan fingerprint density at radius 2 is 1.85 bits per heavy atom. The molecule has 1 amide bonds. The van der Waals surface area contributed by atoms with Crippen molar-refractivity contribution in [3.05, 3.63) is 65.2 Å². The van der Waals surface area contributed by atoms with Gasteiger partial charge in [-0.05, 0) is 43.2 Å². The fourth-order valence-corrected chi connectivity index (χ4v) is 3.36. The predicted molar refractivity (Wildman–Crippen MR) is 105 cm³/mol. The van der Waals surface area contributed by atoms with Crippen molar-refractivity contribution in [2.24, 2.45) is 0 Å². The molecule has 1 unspecified atom stereocenters. The van der Waals surface area contributed by atoms with Crippen LogP contribution in [0.1, 0.15) is 12.5 Å². The number of amides is 1. The third-order valence-electron chi connectivity index (χ3n) is 4.82. The van der Waals surface area contributed by atoms with Crippen LogP contribution in [0.4, 0.5) is 0 Å². The maximum absolute atomic E-state index is 12.4. The number of hydrogen-bond donors (Lipinski definition) is 0. The molecule has 1 heterocycles. The molecule has 4 nitrogen and oxygen atoms in total. The highest BCUT2D eigenvalue weighted by Crippen LogP contribution is 2.16. The van der Waals surface area contributed by atoms with E-state index in [9.17, 15) is 4.79 Å². The number of rotatable bonds is 6. The summed E-state index contributed by atoms with van der Waals surface area (Å²) in [5.74, 6) is 0.701. The smallest absolute Gasteiger partial charge is 0.260 e. The molecule has 138 valence electrons. The van der Waals surface area contributed by atoms with Gasteiger partial charge in [0.05, 0.1) is 0 Å². The molecule has 0 aromatic heterocycles. The van der Waals surface area contributed by atoms with Crippen molar-refractivity contribution in [1.29, 1.82) is 0 Å². The first-order valence-corrected chi connectivity index (χ1v) is 9.44. The Morgan fingerprint density at radius 1 is 1.12 bits per heavy atom. The van der Waals surface area contributed by atoms with Crippen molar-refractivity contribution in [2.75, 3.05) is 32.8 Å². The summed E-state index contributed by atoms with van der Waals surface area (Å²) in [6, 6.07) is 18.0. The van der Waals surface area contributed by atoms with E-state index in [0.29, 0.717) is 16.8 Å². The Morgan fingerprint density at radius 3 is 2.54 bits per heavy atom. The number of hydrogen-bond acceptors (Lipinski definition) is 3. The van der Waals surface area contributed by atoms with E-state index in [4.69, 9.17) is 16.3 Å². The van der Waals surface area contributed by atoms with Crippen LogP contribution in [0.25, 0.3) is 0 Å². The lowest BCUT2D eigenvalue weighted by molar-refractivity contribution is -0.136. The van der Waals surface area contributed by atoms with E-state index in [0.717, 1.165) is 32.6 Å². The zero-order valence-corrected chi connectivity index (χ0v) is 15.9. The van der Waals surface area contributed by atoms with Gasteiger partial charge < -0.3 is 9.64 Å². The summed E-state index contributed by atoms with van der Waals surface area (Å²) in [5, 5.41) is 0.657. The summed E-state index contributed by atoms with van der Waals surface area (Å²) in [5.41, 5.74) is 1.36. The molecule has 0 radical (unpaired) electrons. The molecule has 5 heteroatoms. The summed E-state index contributed by atoms with van der Waals surface area (Å²) in [4.78, 5) is 16.8. The Balaban J connectivity index is 1.43. The molecule has 1 atom stereocenters. The number of halogens is 1. The van der Waals surface area contributed by atoms with Crippen LogP contribution in [-0.2, 0) is 11.2 Å². The lowest BCUT2D eigenvalue weighted by Crippen LogP contribution is -2.54. The first kappa shape index (κ1) is 18.7. The van der Waals surface area contributed by atoms with E-state index in [-0.39, 0.29) is 12.5 Å². The Kier molecular flexibility index (Phi) is 6.53. The van der Waals surface area contributed by atoms with Gasteiger partial charge in [0.2, 0.25) is 0 Å². The van der Waals surface area contributed by atoms with Crippen molar-refractivity contribution < 1.29 is 9.53 Å². The minimum atomic E-state index is 0.0366. The highest BCUT2D eigenvalue weighted by Gasteiger charge is 2.26. The van der Waals surface area contributed by atoms with Crippen LogP contribution in [0, 0.1) is 0 Å². The standard InChI is InChI=1S/C21H25ClN2O2/c1-17-15-24(21(25)16-26-20-9-7-19(22)8-10-20)14-13-23(17)12-11-18-5-3-2-4-6-18/h2-10,17H,11-16H2,1H3. The number of benzene rings is 2. The van der Waals surface area contributed by atoms with Gasteiger partial charge in [-0.15, -0.1) is 0 Å². The second kappa shape index (κ2) is 9.06. The topological polar surface area (TPSA) is 32.8 Å². The summed E-state index contributed by atoms with van der Waals surface area (Å²) in [7, 11) is 0. The summed E-state index contributed by atoms with van der Waals surface area (Å²) in [6.45, 7) is 5.68. The Bertz CT molecular complexity index is 706. The maximum atomic E-state index is 12.4. The predicted octanol–water partition coefficient (Wildman–Crippen LogP) is 3.49. The van der Waals surface area contributed by atoms with Crippen LogP contribution in [-0.4, -0.2) is 54.5 Å². The number of nitrogens with zero attached hydrogens (tertiary/aromatic N) is 2. The monoisotopic (exact) mass is 372 g/mol. The molecule has 0 aliphatic carbocycles. The largest absolute Gasteiger partial charge is 0.484 e. The molecule has 1 saturated heterocycles. The molecule has 26 heavy (non-hydrogen) atoms. The summed E-state index contributed by atoms with van der Waals surface area (Å²) < 4.78 is 5.58. The third kappa shape index (κ3) is 5.23. The SMILES string of the molecule is CC1CN(C(=O)COc2ccc(Cl)cc2)CCN1CCc1ccccc1. The van der Waals surface area contributed by atoms with Crippen molar-refractivity contribution >= 4 is 17.5 Å². The van der Waals surface area contributed by atoms with Gasteiger partial charge in [-0.1, -0.05) is 41.9 Å². The number of carbonyl (C=O) groups excluding carboxylic acids is 1. The zero-order valence-electron chi connectivity index (χ0n) is 15.1. The molecular formula is C21H25ClN2O2. The minimum Gasteiger partial charge on any atom is -0.484 e. The second-order valence-electron chi connectivity index (χ2n) is 6.70. The highest BCUT2D eigenvalue weighted by atomic mass is 35.5. The van der Waals surface area contributed by atoms with Gasteiger partial charge in [-0.3, -0.25) is 9.69 Å². The van der Waals surface area contributed by atoms with E-state index < -0.39 is 0 Å². The molecule has 0 N–H and O–H groups in total.